The lowest BCUT2D eigenvalue weighted by atomic mass is 10.1. The van der Waals surface area contributed by atoms with E-state index in [1.54, 1.807) is 4.90 Å². The van der Waals surface area contributed by atoms with E-state index >= 15 is 0 Å². The van der Waals surface area contributed by atoms with Gasteiger partial charge in [0.15, 0.2) is 0 Å². The summed E-state index contributed by atoms with van der Waals surface area (Å²) in [5.41, 5.74) is 2.85. The van der Waals surface area contributed by atoms with Gasteiger partial charge in [0.1, 0.15) is 0 Å². The monoisotopic (exact) mass is 277 g/mol. The minimum atomic E-state index is -0.307. The molecule has 108 valence electrons. The molecule has 1 aromatic carbocycles. The van der Waals surface area contributed by atoms with Gasteiger partial charge in [0.2, 0.25) is 0 Å². The SMILES string of the molecule is CCN(CCC(=O)OC)C(=O)c1ccc2c(c1)COC2. The number of carbonyl (C=O) groups excluding carboxylic acids is 2. The lowest BCUT2D eigenvalue weighted by Gasteiger charge is -2.20. The fourth-order valence-electron chi connectivity index (χ4n) is 2.22. The van der Waals surface area contributed by atoms with E-state index in [4.69, 9.17) is 4.74 Å². The van der Waals surface area contributed by atoms with Crippen LogP contribution in [0.25, 0.3) is 0 Å². The van der Waals surface area contributed by atoms with Gasteiger partial charge in [-0.1, -0.05) is 6.07 Å². The molecule has 0 saturated carbocycles. The molecule has 1 aliphatic rings. The highest BCUT2D eigenvalue weighted by molar-refractivity contribution is 5.94. The molecule has 0 unspecified atom stereocenters. The quantitative estimate of drug-likeness (QED) is 0.769. The summed E-state index contributed by atoms with van der Waals surface area (Å²) in [6.45, 7) is 4.00. The van der Waals surface area contributed by atoms with Gasteiger partial charge < -0.3 is 14.4 Å². The van der Waals surface area contributed by atoms with Crippen molar-refractivity contribution in [1.82, 2.24) is 4.90 Å². The van der Waals surface area contributed by atoms with Crippen molar-refractivity contribution < 1.29 is 19.1 Å². The van der Waals surface area contributed by atoms with Gasteiger partial charge in [-0.2, -0.15) is 0 Å². The smallest absolute Gasteiger partial charge is 0.307 e. The molecule has 0 atom stereocenters. The molecule has 20 heavy (non-hydrogen) atoms. The maximum atomic E-state index is 12.4. The third kappa shape index (κ3) is 3.17. The molecule has 0 fully saturated rings. The predicted molar refractivity (Wildman–Crippen MR) is 73.1 cm³/mol. The topological polar surface area (TPSA) is 55.8 Å². The molecule has 0 saturated heterocycles. The van der Waals surface area contributed by atoms with Gasteiger partial charge in [0.25, 0.3) is 5.91 Å². The summed E-state index contributed by atoms with van der Waals surface area (Å²) in [6, 6.07) is 5.63. The van der Waals surface area contributed by atoms with Crippen molar-refractivity contribution in [2.45, 2.75) is 26.6 Å². The first-order valence-electron chi connectivity index (χ1n) is 6.71. The molecule has 5 heteroatoms. The van der Waals surface area contributed by atoms with Gasteiger partial charge in [-0.25, -0.2) is 0 Å². The zero-order valence-electron chi connectivity index (χ0n) is 11.8. The van der Waals surface area contributed by atoms with Crippen molar-refractivity contribution in [3.8, 4) is 0 Å². The third-order valence-electron chi connectivity index (χ3n) is 3.45. The van der Waals surface area contributed by atoms with E-state index in [1.807, 2.05) is 25.1 Å². The van der Waals surface area contributed by atoms with Crippen LogP contribution in [0.1, 0.15) is 34.8 Å². The Hall–Kier alpha value is -1.88. The van der Waals surface area contributed by atoms with Crippen molar-refractivity contribution in [3.63, 3.8) is 0 Å². The summed E-state index contributed by atoms with van der Waals surface area (Å²) < 4.78 is 9.94. The van der Waals surface area contributed by atoms with E-state index in [2.05, 4.69) is 4.74 Å². The van der Waals surface area contributed by atoms with Crippen LogP contribution in [0, 0.1) is 0 Å². The third-order valence-corrected chi connectivity index (χ3v) is 3.45. The Morgan fingerprint density at radius 2 is 2.05 bits per heavy atom. The Morgan fingerprint density at radius 1 is 1.30 bits per heavy atom. The van der Waals surface area contributed by atoms with Crippen LogP contribution in [0.2, 0.25) is 0 Å². The van der Waals surface area contributed by atoms with Gasteiger partial charge in [-0.15, -0.1) is 0 Å². The van der Waals surface area contributed by atoms with E-state index in [1.165, 1.54) is 7.11 Å². The van der Waals surface area contributed by atoms with Crippen LogP contribution >= 0.6 is 0 Å². The van der Waals surface area contributed by atoms with Gasteiger partial charge >= 0.3 is 5.97 Å². The Kier molecular flexibility index (Phi) is 4.74. The van der Waals surface area contributed by atoms with Crippen molar-refractivity contribution in [2.75, 3.05) is 20.2 Å². The molecule has 0 aliphatic carbocycles. The van der Waals surface area contributed by atoms with E-state index in [-0.39, 0.29) is 18.3 Å². The summed E-state index contributed by atoms with van der Waals surface area (Å²) in [4.78, 5) is 25.2. The number of amides is 1. The van der Waals surface area contributed by atoms with Gasteiger partial charge in [0, 0.05) is 18.7 Å². The second kappa shape index (κ2) is 6.52. The van der Waals surface area contributed by atoms with Crippen LogP contribution in [0.5, 0.6) is 0 Å². The van der Waals surface area contributed by atoms with Crippen LogP contribution in [-0.2, 0) is 27.5 Å². The average molecular weight is 277 g/mol. The zero-order valence-corrected chi connectivity index (χ0v) is 11.8. The molecule has 1 amide bonds. The van der Waals surface area contributed by atoms with Gasteiger partial charge in [-0.05, 0) is 30.2 Å². The van der Waals surface area contributed by atoms with Crippen molar-refractivity contribution in [3.05, 3.63) is 34.9 Å². The van der Waals surface area contributed by atoms with Crippen LogP contribution in [0.4, 0.5) is 0 Å². The molecule has 1 aromatic rings. The first-order valence-corrected chi connectivity index (χ1v) is 6.71. The number of ether oxygens (including phenoxy) is 2. The van der Waals surface area contributed by atoms with Crippen LogP contribution in [0.3, 0.4) is 0 Å². The van der Waals surface area contributed by atoms with Gasteiger partial charge in [-0.3, -0.25) is 9.59 Å². The van der Waals surface area contributed by atoms with E-state index in [9.17, 15) is 9.59 Å². The molecular weight excluding hydrogens is 258 g/mol. The molecule has 0 radical (unpaired) electrons. The number of rotatable bonds is 5. The highest BCUT2D eigenvalue weighted by Crippen LogP contribution is 2.21. The first-order chi connectivity index (χ1) is 9.65. The molecule has 0 bridgehead atoms. The number of carbonyl (C=O) groups is 2. The molecule has 5 nitrogen and oxygen atoms in total. The molecule has 1 heterocycles. The Bertz CT molecular complexity index is 513. The minimum Gasteiger partial charge on any atom is -0.469 e. The predicted octanol–water partition coefficient (Wildman–Crippen LogP) is 1.74. The Balaban J connectivity index is 2.06. The number of hydrogen-bond acceptors (Lipinski definition) is 4. The fourth-order valence-corrected chi connectivity index (χ4v) is 2.22. The largest absolute Gasteiger partial charge is 0.469 e. The minimum absolute atomic E-state index is 0.0638. The van der Waals surface area contributed by atoms with Crippen LogP contribution < -0.4 is 0 Å². The maximum Gasteiger partial charge on any atom is 0.307 e. The second-order valence-corrected chi connectivity index (χ2v) is 4.69. The first kappa shape index (κ1) is 14.5. The van der Waals surface area contributed by atoms with Crippen molar-refractivity contribution in [2.24, 2.45) is 0 Å². The molecule has 0 aromatic heterocycles. The molecule has 1 aliphatic heterocycles. The zero-order chi connectivity index (χ0) is 14.5. The molecule has 2 rings (SSSR count). The van der Waals surface area contributed by atoms with Crippen LogP contribution in [-0.4, -0.2) is 37.0 Å². The van der Waals surface area contributed by atoms with Crippen molar-refractivity contribution >= 4 is 11.9 Å². The second-order valence-electron chi connectivity index (χ2n) is 4.69. The Labute approximate surface area is 118 Å². The number of hydrogen-bond donors (Lipinski definition) is 0. The van der Waals surface area contributed by atoms with E-state index in [0.29, 0.717) is 31.9 Å². The maximum absolute atomic E-state index is 12.4. The fraction of sp³-hybridized carbons (Fsp3) is 0.467. The van der Waals surface area contributed by atoms with E-state index in [0.717, 1.165) is 11.1 Å². The standard InChI is InChI=1S/C15H19NO4/c1-3-16(7-6-14(17)19-2)15(18)11-4-5-12-9-20-10-13(12)8-11/h4-5,8H,3,6-7,9-10H2,1-2H3. The van der Waals surface area contributed by atoms with Crippen LogP contribution in [0.15, 0.2) is 18.2 Å². The van der Waals surface area contributed by atoms with Gasteiger partial charge in [0.05, 0.1) is 26.7 Å². The highest BCUT2D eigenvalue weighted by atomic mass is 16.5. The average Bonchev–Trinajstić information content (AvgIpc) is 2.94. The normalized spacial score (nSPS) is 12.9. The number of esters is 1. The number of nitrogens with zero attached hydrogens (tertiary/aromatic N) is 1. The number of fused-ring (bicyclic) bond motifs is 1. The summed E-state index contributed by atoms with van der Waals surface area (Å²) in [6.07, 6.45) is 0.212. The Morgan fingerprint density at radius 3 is 2.75 bits per heavy atom. The summed E-state index contributed by atoms with van der Waals surface area (Å²) in [5, 5.41) is 0. The van der Waals surface area contributed by atoms with Crippen molar-refractivity contribution in [1.29, 1.82) is 0 Å². The summed E-state index contributed by atoms with van der Waals surface area (Å²) in [5.74, 6) is -0.371. The van der Waals surface area contributed by atoms with E-state index < -0.39 is 0 Å². The molecular formula is C15H19NO4. The number of methoxy groups -OCH3 is 1. The molecule has 0 spiro atoms. The summed E-state index contributed by atoms with van der Waals surface area (Å²) >= 11 is 0. The number of benzene rings is 1. The lowest BCUT2D eigenvalue weighted by Crippen LogP contribution is -2.33. The lowest BCUT2D eigenvalue weighted by molar-refractivity contribution is -0.140. The highest BCUT2D eigenvalue weighted by Gasteiger charge is 2.18. The molecule has 0 N–H and O–H groups in total. The summed E-state index contributed by atoms with van der Waals surface area (Å²) in [7, 11) is 1.35.